The van der Waals surface area contributed by atoms with Gasteiger partial charge in [-0.25, -0.2) is 0 Å². The molecule has 90 valence electrons. The van der Waals surface area contributed by atoms with E-state index >= 15 is 0 Å². The first-order chi connectivity index (χ1) is 7.13. The van der Waals surface area contributed by atoms with Crippen LogP contribution in [0.3, 0.4) is 0 Å². The van der Waals surface area contributed by atoms with E-state index in [1.807, 2.05) is 7.05 Å². The molecule has 15 heavy (non-hydrogen) atoms. The summed E-state index contributed by atoms with van der Waals surface area (Å²) in [4.78, 5) is 0. The minimum atomic E-state index is -0.591. The smallest absolute Gasteiger partial charge is 0.0257 e. The summed E-state index contributed by atoms with van der Waals surface area (Å²) in [6.07, 6.45) is 5.11. The van der Waals surface area contributed by atoms with Gasteiger partial charge in [-0.1, -0.05) is 20.3 Å². The molecule has 0 saturated heterocycles. The standard InChI is InChI=1S/C12H25NOS/c1-10(2)9-15(14)8-7-11-5-4-6-12(11)13-3/h10-13H,4-9H2,1-3H3. The molecule has 3 heteroatoms. The molecule has 0 bridgehead atoms. The molecule has 1 aliphatic carbocycles. The van der Waals surface area contributed by atoms with Crippen LogP contribution in [0.4, 0.5) is 0 Å². The highest BCUT2D eigenvalue weighted by atomic mass is 32.2. The van der Waals surface area contributed by atoms with Crippen LogP contribution in [0.25, 0.3) is 0 Å². The zero-order valence-corrected chi connectivity index (χ0v) is 11.1. The average molecular weight is 231 g/mol. The second-order valence-corrected chi connectivity index (χ2v) is 6.70. The lowest BCUT2D eigenvalue weighted by molar-refractivity contribution is 0.416. The molecule has 3 atom stereocenters. The molecule has 0 aromatic heterocycles. The van der Waals surface area contributed by atoms with Crippen molar-refractivity contribution in [3.05, 3.63) is 0 Å². The van der Waals surface area contributed by atoms with Crippen LogP contribution in [0.2, 0.25) is 0 Å². The summed E-state index contributed by atoms with van der Waals surface area (Å²) in [6, 6.07) is 0.682. The van der Waals surface area contributed by atoms with Gasteiger partial charge in [-0.05, 0) is 38.1 Å². The molecular weight excluding hydrogens is 206 g/mol. The quantitative estimate of drug-likeness (QED) is 0.759. The van der Waals surface area contributed by atoms with Crippen molar-refractivity contribution in [1.29, 1.82) is 0 Å². The van der Waals surface area contributed by atoms with Gasteiger partial charge in [0, 0.05) is 28.3 Å². The van der Waals surface area contributed by atoms with Gasteiger partial charge < -0.3 is 5.32 Å². The zero-order chi connectivity index (χ0) is 11.3. The number of nitrogens with one attached hydrogen (secondary N) is 1. The Labute approximate surface area is 96.7 Å². The molecule has 1 N–H and O–H groups in total. The maximum Gasteiger partial charge on any atom is 0.0257 e. The Balaban J connectivity index is 2.21. The SMILES string of the molecule is CNC1CCCC1CCS(=O)CC(C)C. The van der Waals surface area contributed by atoms with E-state index in [4.69, 9.17) is 0 Å². The van der Waals surface area contributed by atoms with Gasteiger partial charge in [0.1, 0.15) is 0 Å². The predicted octanol–water partition coefficient (Wildman–Crippen LogP) is 2.17. The molecule has 2 nitrogen and oxygen atoms in total. The topological polar surface area (TPSA) is 29.1 Å². The van der Waals surface area contributed by atoms with Crippen LogP contribution < -0.4 is 5.32 Å². The first-order valence-electron chi connectivity index (χ1n) is 6.15. The van der Waals surface area contributed by atoms with E-state index in [9.17, 15) is 4.21 Å². The van der Waals surface area contributed by atoms with Crippen LogP contribution in [0, 0.1) is 11.8 Å². The third kappa shape index (κ3) is 4.64. The van der Waals surface area contributed by atoms with Crippen LogP contribution in [0.1, 0.15) is 39.5 Å². The summed E-state index contributed by atoms with van der Waals surface area (Å²) < 4.78 is 11.7. The lowest BCUT2D eigenvalue weighted by Crippen LogP contribution is -2.29. The molecule has 0 heterocycles. The fourth-order valence-electron chi connectivity index (χ4n) is 2.50. The Morgan fingerprint density at radius 2 is 2.13 bits per heavy atom. The Hall–Kier alpha value is 0.110. The molecule has 0 spiro atoms. The van der Waals surface area contributed by atoms with Gasteiger partial charge in [-0.2, -0.15) is 0 Å². The van der Waals surface area contributed by atoms with Gasteiger partial charge in [0.25, 0.3) is 0 Å². The highest BCUT2D eigenvalue weighted by molar-refractivity contribution is 7.84. The van der Waals surface area contributed by atoms with E-state index in [1.54, 1.807) is 0 Å². The maximum atomic E-state index is 11.7. The van der Waals surface area contributed by atoms with Crippen molar-refractivity contribution >= 4 is 10.8 Å². The molecule has 0 radical (unpaired) electrons. The van der Waals surface area contributed by atoms with E-state index in [0.717, 1.165) is 23.8 Å². The van der Waals surface area contributed by atoms with Crippen molar-refractivity contribution in [1.82, 2.24) is 5.32 Å². The van der Waals surface area contributed by atoms with Crippen LogP contribution >= 0.6 is 0 Å². The molecular formula is C12H25NOS. The fraction of sp³-hybridized carbons (Fsp3) is 1.00. The van der Waals surface area contributed by atoms with Gasteiger partial charge in [-0.15, -0.1) is 0 Å². The lowest BCUT2D eigenvalue weighted by atomic mass is 10.0. The van der Waals surface area contributed by atoms with E-state index in [-0.39, 0.29) is 0 Å². The third-order valence-electron chi connectivity index (χ3n) is 3.27. The van der Waals surface area contributed by atoms with Crippen molar-refractivity contribution in [3.63, 3.8) is 0 Å². The van der Waals surface area contributed by atoms with E-state index in [0.29, 0.717) is 12.0 Å². The number of rotatable bonds is 6. The maximum absolute atomic E-state index is 11.7. The zero-order valence-electron chi connectivity index (χ0n) is 10.3. The Morgan fingerprint density at radius 1 is 1.40 bits per heavy atom. The Kier molecular flexibility index (Phi) is 5.83. The van der Waals surface area contributed by atoms with Crippen LogP contribution in [0.5, 0.6) is 0 Å². The molecule has 0 aromatic rings. The van der Waals surface area contributed by atoms with Crippen LogP contribution in [-0.4, -0.2) is 28.8 Å². The summed E-state index contributed by atoms with van der Waals surface area (Å²) in [5.74, 6) is 3.11. The molecule has 1 saturated carbocycles. The second kappa shape index (κ2) is 6.64. The largest absolute Gasteiger partial charge is 0.317 e. The molecule has 3 unspecified atom stereocenters. The molecule has 1 fully saturated rings. The summed E-state index contributed by atoms with van der Waals surface area (Å²) in [5.41, 5.74) is 0. The van der Waals surface area contributed by atoms with E-state index < -0.39 is 10.8 Å². The normalized spacial score (nSPS) is 28.5. The van der Waals surface area contributed by atoms with Crippen LogP contribution in [-0.2, 0) is 10.8 Å². The summed E-state index contributed by atoms with van der Waals surface area (Å²) in [7, 11) is 1.46. The molecule has 1 aliphatic rings. The van der Waals surface area contributed by atoms with Gasteiger partial charge >= 0.3 is 0 Å². The van der Waals surface area contributed by atoms with Gasteiger partial charge in [-0.3, -0.25) is 4.21 Å². The van der Waals surface area contributed by atoms with Crippen molar-refractivity contribution in [2.75, 3.05) is 18.6 Å². The first kappa shape index (κ1) is 13.2. The molecule has 0 aliphatic heterocycles. The Morgan fingerprint density at radius 3 is 2.73 bits per heavy atom. The number of hydrogen-bond acceptors (Lipinski definition) is 2. The lowest BCUT2D eigenvalue weighted by Gasteiger charge is -2.18. The first-order valence-corrected chi connectivity index (χ1v) is 7.64. The number of hydrogen-bond donors (Lipinski definition) is 1. The van der Waals surface area contributed by atoms with Crippen molar-refractivity contribution in [2.24, 2.45) is 11.8 Å². The van der Waals surface area contributed by atoms with E-state index in [2.05, 4.69) is 19.2 Å². The molecule has 0 aromatic carbocycles. The third-order valence-corrected chi connectivity index (χ3v) is 4.99. The monoisotopic (exact) mass is 231 g/mol. The summed E-state index contributed by atoms with van der Waals surface area (Å²) >= 11 is 0. The fourth-order valence-corrected chi connectivity index (χ4v) is 3.98. The van der Waals surface area contributed by atoms with Crippen molar-refractivity contribution in [2.45, 2.75) is 45.6 Å². The minimum Gasteiger partial charge on any atom is -0.317 e. The van der Waals surface area contributed by atoms with Gasteiger partial charge in [0.2, 0.25) is 0 Å². The second-order valence-electron chi connectivity index (χ2n) is 5.08. The van der Waals surface area contributed by atoms with E-state index in [1.165, 1.54) is 19.3 Å². The molecule has 1 rings (SSSR count). The Bertz CT molecular complexity index is 206. The molecule has 0 amide bonds. The predicted molar refractivity (Wildman–Crippen MR) is 67.5 cm³/mol. The average Bonchev–Trinajstić information content (AvgIpc) is 2.60. The van der Waals surface area contributed by atoms with Crippen LogP contribution in [0.15, 0.2) is 0 Å². The van der Waals surface area contributed by atoms with Gasteiger partial charge in [0.05, 0.1) is 0 Å². The summed E-state index contributed by atoms with van der Waals surface area (Å²) in [6.45, 7) is 4.29. The van der Waals surface area contributed by atoms with Crippen molar-refractivity contribution < 1.29 is 4.21 Å². The summed E-state index contributed by atoms with van der Waals surface area (Å²) in [5, 5.41) is 3.38. The van der Waals surface area contributed by atoms with Crippen molar-refractivity contribution in [3.8, 4) is 0 Å². The highest BCUT2D eigenvalue weighted by Crippen LogP contribution is 2.28. The minimum absolute atomic E-state index is 0.564. The highest BCUT2D eigenvalue weighted by Gasteiger charge is 2.25. The van der Waals surface area contributed by atoms with Gasteiger partial charge in [0.15, 0.2) is 0 Å².